The molecule has 0 radical (unpaired) electrons. The van der Waals surface area contributed by atoms with Crippen LogP contribution in [-0.2, 0) is 4.74 Å². The van der Waals surface area contributed by atoms with Gasteiger partial charge < -0.3 is 14.2 Å². The van der Waals surface area contributed by atoms with E-state index < -0.39 is 6.09 Å². The molecule has 1 amide bonds. The summed E-state index contributed by atoms with van der Waals surface area (Å²) in [7, 11) is 0. The van der Waals surface area contributed by atoms with E-state index in [0.29, 0.717) is 30.4 Å². The summed E-state index contributed by atoms with van der Waals surface area (Å²) in [4.78, 5) is 11.7. The number of benzene rings is 1. The molecule has 122 valence electrons. The molecule has 22 heavy (non-hydrogen) atoms. The quantitative estimate of drug-likeness (QED) is 0.807. The summed E-state index contributed by atoms with van der Waals surface area (Å²) >= 11 is 0. The average molecular weight is 307 g/mol. The van der Waals surface area contributed by atoms with Crippen LogP contribution < -0.4 is 14.8 Å². The van der Waals surface area contributed by atoms with Gasteiger partial charge in [-0.25, -0.2) is 4.79 Å². The molecule has 0 fully saturated rings. The van der Waals surface area contributed by atoms with Gasteiger partial charge in [-0.15, -0.1) is 0 Å². The van der Waals surface area contributed by atoms with Crippen LogP contribution in [0.15, 0.2) is 18.2 Å². The van der Waals surface area contributed by atoms with Gasteiger partial charge in [-0.05, 0) is 40.7 Å². The molecule has 0 unspecified atom stereocenters. The lowest BCUT2D eigenvalue weighted by Gasteiger charge is -2.16. The number of allylic oxidation sites excluding steroid dienone is 1. The summed E-state index contributed by atoms with van der Waals surface area (Å²) in [6.45, 7) is 10.4. The zero-order chi connectivity index (χ0) is 16.5. The standard InChI is InChI=1S/C17H25NO4/c1-6-9-13-10-14(18-17(19)22-12(4)5)11-15(20-7-2)16(13)21-8-3/h6,9-12H,7-8H2,1-5H3,(H,18,19). The lowest BCUT2D eigenvalue weighted by Crippen LogP contribution is -2.18. The average Bonchev–Trinajstić information content (AvgIpc) is 2.42. The van der Waals surface area contributed by atoms with Crippen LogP contribution in [0.4, 0.5) is 10.5 Å². The summed E-state index contributed by atoms with van der Waals surface area (Å²) in [5.74, 6) is 1.27. The van der Waals surface area contributed by atoms with Crippen molar-refractivity contribution in [1.82, 2.24) is 0 Å². The number of anilines is 1. The minimum atomic E-state index is -0.493. The normalized spacial score (nSPS) is 10.8. The first-order chi connectivity index (χ1) is 10.5. The highest BCUT2D eigenvalue weighted by molar-refractivity contribution is 5.86. The lowest BCUT2D eigenvalue weighted by molar-refractivity contribution is 0.130. The third kappa shape index (κ3) is 5.31. The van der Waals surface area contributed by atoms with Crippen LogP contribution in [0.3, 0.4) is 0 Å². The highest BCUT2D eigenvalue weighted by Gasteiger charge is 2.14. The maximum absolute atomic E-state index is 11.7. The number of ether oxygens (including phenoxy) is 3. The first-order valence-electron chi connectivity index (χ1n) is 7.55. The van der Waals surface area contributed by atoms with E-state index in [1.54, 1.807) is 19.9 Å². The van der Waals surface area contributed by atoms with Gasteiger partial charge >= 0.3 is 6.09 Å². The van der Waals surface area contributed by atoms with Crippen LogP contribution in [0.25, 0.3) is 6.08 Å². The fraction of sp³-hybridized carbons (Fsp3) is 0.471. The van der Waals surface area contributed by atoms with E-state index in [1.165, 1.54) is 0 Å². The van der Waals surface area contributed by atoms with E-state index in [-0.39, 0.29) is 6.10 Å². The number of hydrogen-bond acceptors (Lipinski definition) is 4. The van der Waals surface area contributed by atoms with Gasteiger partial charge in [-0.2, -0.15) is 0 Å². The van der Waals surface area contributed by atoms with Gasteiger partial charge in [0.05, 0.1) is 19.3 Å². The number of carbonyl (C=O) groups excluding carboxylic acids is 1. The minimum Gasteiger partial charge on any atom is -0.490 e. The Balaban J connectivity index is 3.15. The molecule has 5 heteroatoms. The van der Waals surface area contributed by atoms with Crippen molar-refractivity contribution >= 4 is 17.9 Å². The summed E-state index contributed by atoms with van der Waals surface area (Å²) in [5.41, 5.74) is 1.45. The van der Waals surface area contributed by atoms with Gasteiger partial charge in [0.25, 0.3) is 0 Å². The Labute approximate surface area is 132 Å². The van der Waals surface area contributed by atoms with Crippen molar-refractivity contribution in [3.05, 3.63) is 23.8 Å². The van der Waals surface area contributed by atoms with E-state index in [9.17, 15) is 4.79 Å². The molecule has 0 saturated carbocycles. The van der Waals surface area contributed by atoms with Gasteiger partial charge in [0, 0.05) is 17.3 Å². The molecular formula is C17H25NO4. The summed E-state index contributed by atoms with van der Waals surface area (Å²) in [6, 6.07) is 3.57. The van der Waals surface area contributed by atoms with Gasteiger partial charge in [0.1, 0.15) is 0 Å². The molecule has 0 atom stereocenters. The van der Waals surface area contributed by atoms with Gasteiger partial charge in [-0.3, -0.25) is 5.32 Å². The van der Waals surface area contributed by atoms with Crippen LogP contribution >= 0.6 is 0 Å². The summed E-state index contributed by atoms with van der Waals surface area (Å²) < 4.78 is 16.4. The van der Waals surface area contributed by atoms with Gasteiger partial charge in [0.2, 0.25) is 0 Å². The second-order valence-corrected chi connectivity index (χ2v) is 4.84. The van der Waals surface area contributed by atoms with Crippen LogP contribution in [0.1, 0.15) is 40.2 Å². The van der Waals surface area contributed by atoms with Crippen LogP contribution in [0.5, 0.6) is 11.5 Å². The van der Waals surface area contributed by atoms with Crippen molar-refractivity contribution < 1.29 is 19.0 Å². The predicted octanol–water partition coefficient (Wildman–Crippen LogP) is 4.47. The molecule has 0 spiro atoms. The molecule has 0 aliphatic rings. The van der Waals surface area contributed by atoms with E-state index in [4.69, 9.17) is 14.2 Å². The largest absolute Gasteiger partial charge is 0.490 e. The van der Waals surface area contributed by atoms with Crippen LogP contribution in [0, 0.1) is 0 Å². The fourth-order valence-electron chi connectivity index (χ4n) is 1.92. The maximum Gasteiger partial charge on any atom is 0.411 e. The monoisotopic (exact) mass is 307 g/mol. The zero-order valence-electron chi connectivity index (χ0n) is 13.9. The SMILES string of the molecule is CC=Cc1cc(NC(=O)OC(C)C)cc(OCC)c1OCC. The van der Waals surface area contributed by atoms with Gasteiger partial charge in [0.15, 0.2) is 11.5 Å². The molecule has 0 aromatic heterocycles. The van der Waals surface area contributed by atoms with E-state index in [2.05, 4.69) is 5.32 Å². The highest BCUT2D eigenvalue weighted by Crippen LogP contribution is 2.36. The van der Waals surface area contributed by atoms with Crippen molar-refractivity contribution in [3.8, 4) is 11.5 Å². The van der Waals surface area contributed by atoms with Crippen molar-refractivity contribution in [2.24, 2.45) is 0 Å². The smallest absolute Gasteiger partial charge is 0.411 e. The molecular weight excluding hydrogens is 282 g/mol. The number of carbonyl (C=O) groups is 1. The number of amides is 1. The van der Waals surface area contributed by atoms with Gasteiger partial charge in [-0.1, -0.05) is 12.2 Å². The Morgan fingerprint density at radius 3 is 2.45 bits per heavy atom. The molecule has 1 rings (SSSR count). The molecule has 1 N–H and O–H groups in total. The Hall–Kier alpha value is -2.17. The lowest BCUT2D eigenvalue weighted by atomic mass is 10.1. The molecule has 1 aromatic carbocycles. The summed E-state index contributed by atoms with van der Waals surface area (Å²) in [5, 5.41) is 2.71. The number of nitrogens with one attached hydrogen (secondary N) is 1. The highest BCUT2D eigenvalue weighted by atomic mass is 16.6. The zero-order valence-corrected chi connectivity index (χ0v) is 13.9. The Kier molecular flexibility index (Phi) is 7.29. The van der Waals surface area contributed by atoms with Crippen molar-refractivity contribution in [2.75, 3.05) is 18.5 Å². The molecule has 5 nitrogen and oxygen atoms in total. The second-order valence-electron chi connectivity index (χ2n) is 4.84. The maximum atomic E-state index is 11.7. The molecule has 0 aliphatic heterocycles. The first kappa shape index (κ1) is 17.9. The van der Waals surface area contributed by atoms with Crippen LogP contribution in [-0.4, -0.2) is 25.4 Å². The predicted molar refractivity (Wildman–Crippen MR) is 88.7 cm³/mol. The molecule has 0 saturated heterocycles. The van der Waals surface area contributed by atoms with E-state index >= 15 is 0 Å². The molecule has 0 aliphatic carbocycles. The Morgan fingerprint density at radius 2 is 1.91 bits per heavy atom. The van der Waals surface area contributed by atoms with E-state index in [1.807, 2.05) is 39.0 Å². The number of rotatable bonds is 7. The third-order valence-corrected chi connectivity index (χ3v) is 2.61. The molecule has 0 bridgehead atoms. The second kappa shape index (κ2) is 8.97. The third-order valence-electron chi connectivity index (χ3n) is 2.61. The minimum absolute atomic E-state index is 0.177. The fourth-order valence-corrected chi connectivity index (χ4v) is 1.92. The first-order valence-corrected chi connectivity index (χ1v) is 7.55. The van der Waals surface area contributed by atoms with Crippen molar-refractivity contribution in [1.29, 1.82) is 0 Å². The molecule has 1 aromatic rings. The van der Waals surface area contributed by atoms with Crippen molar-refractivity contribution in [2.45, 2.75) is 40.7 Å². The topological polar surface area (TPSA) is 56.8 Å². The molecule has 0 heterocycles. The number of hydrogen-bond donors (Lipinski definition) is 1. The summed E-state index contributed by atoms with van der Waals surface area (Å²) in [6.07, 6.45) is 3.15. The van der Waals surface area contributed by atoms with E-state index in [0.717, 1.165) is 5.56 Å². The Bertz CT molecular complexity index is 524. The Morgan fingerprint density at radius 1 is 1.23 bits per heavy atom. The van der Waals surface area contributed by atoms with Crippen LogP contribution in [0.2, 0.25) is 0 Å². The van der Waals surface area contributed by atoms with Crippen molar-refractivity contribution in [3.63, 3.8) is 0 Å².